The van der Waals surface area contributed by atoms with Crippen LogP contribution in [-0.4, -0.2) is 149 Å². The highest BCUT2D eigenvalue weighted by atomic mass is 16.4. The van der Waals surface area contributed by atoms with Crippen molar-refractivity contribution in [2.24, 2.45) is 23.5 Å². The molecule has 0 aliphatic rings. The number of carboxylic acids is 2. The summed E-state index contributed by atoms with van der Waals surface area (Å²) in [6, 6.07) is 6.00. The molecule has 2 aromatic carbocycles. The van der Waals surface area contributed by atoms with Crippen LogP contribution in [0.3, 0.4) is 0 Å². The highest BCUT2D eigenvalue weighted by Gasteiger charge is 2.35. The Morgan fingerprint density at radius 1 is 0.456 bits per heavy atom. The van der Waals surface area contributed by atoms with Gasteiger partial charge in [0.15, 0.2) is 0 Å². The average molecular weight is 1110 g/mol. The van der Waals surface area contributed by atoms with Crippen LogP contribution in [0.5, 0.6) is 0 Å². The average Bonchev–Trinajstić information content (AvgIpc) is 3.41. The Balaban J connectivity index is 2.13. The molecule has 14 N–H and O–H groups in total. The van der Waals surface area contributed by atoms with Crippen LogP contribution in [0.25, 0.3) is 0 Å². The zero-order chi connectivity index (χ0) is 59.5. The van der Waals surface area contributed by atoms with E-state index >= 15 is 0 Å². The maximum atomic E-state index is 13.9. The first-order valence-electron chi connectivity index (χ1n) is 26.4. The molecule has 10 amide bonds. The van der Waals surface area contributed by atoms with E-state index in [1.165, 1.54) is 20.8 Å². The highest BCUT2D eigenvalue weighted by Crippen LogP contribution is 2.13. The Bertz CT molecular complexity index is 2410. The molecule has 0 aliphatic heterocycles. The summed E-state index contributed by atoms with van der Waals surface area (Å²) in [5.74, 6) is -11.4. The van der Waals surface area contributed by atoms with Gasteiger partial charge in [0, 0.05) is 19.3 Å². The zero-order valence-corrected chi connectivity index (χ0v) is 46.4. The second-order valence-electron chi connectivity index (χ2n) is 20.0. The number of nitrogens with two attached hydrogens (primary N) is 1. The van der Waals surface area contributed by atoms with E-state index in [0.29, 0.717) is 24.0 Å². The maximum Gasteiger partial charge on any atom is 0.326 e. The number of hydrogen-bond donors (Lipinski definition) is 13. The molecule has 2 aromatic rings. The van der Waals surface area contributed by atoms with Gasteiger partial charge in [0.2, 0.25) is 59.1 Å². The molecule has 25 heteroatoms. The third-order valence-corrected chi connectivity index (χ3v) is 12.9. The first kappa shape index (κ1) is 67.2. The molecule has 0 spiro atoms. The lowest BCUT2D eigenvalue weighted by molar-refractivity contribution is -0.144. The molecular formula is C54H81N11O14. The van der Waals surface area contributed by atoms with Gasteiger partial charge in [-0.2, -0.15) is 0 Å². The van der Waals surface area contributed by atoms with Crippen LogP contribution < -0.4 is 58.9 Å². The number of carbonyl (C=O) groups is 12. The fourth-order valence-corrected chi connectivity index (χ4v) is 7.79. The lowest BCUT2D eigenvalue weighted by Crippen LogP contribution is -2.60. The van der Waals surface area contributed by atoms with E-state index in [1.54, 1.807) is 88.4 Å². The van der Waals surface area contributed by atoms with Gasteiger partial charge < -0.3 is 69.1 Å². The number of aliphatic carboxylic acids is 2. The third kappa shape index (κ3) is 24.1. The van der Waals surface area contributed by atoms with E-state index in [0.717, 1.165) is 0 Å². The number of amides is 10. The summed E-state index contributed by atoms with van der Waals surface area (Å²) >= 11 is 0. The van der Waals surface area contributed by atoms with Crippen molar-refractivity contribution in [3.8, 4) is 0 Å². The van der Waals surface area contributed by atoms with Crippen molar-refractivity contribution in [2.45, 2.75) is 162 Å². The van der Waals surface area contributed by atoms with Gasteiger partial charge in [0.25, 0.3) is 0 Å². The molecule has 0 aliphatic carbocycles. The summed E-state index contributed by atoms with van der Waals surface area (Å²) in [4.78, 5) is 157. The van der Waals surface area contributed by atoms with Crippen LogP contribution >= 0.6 is 0 Å². The van der Waals surface area contributed by atoms with Gasteiger partial charge in [-0.15, -0.1) is 0 Å². The maximum absolute atomic E-state index is 13.9. The fourth-order valence-electron chi connectivity index (χ4n) is 7.79. The Kier molecular flexibility index (Phi) is 28.9. The third-order valence-electron chi connectivity index (χ3n) is 12.9. The van der Waals surface area contributed by atoms with Crippen LogP contribution in [0, 0.1) is 17.8 Å². The van der Waals surface area contributed by atoms with Gasteiger partial charge in [-0.25, -0.2) is 4.79 Å². The second-order valence-corrected chi connectivity index (χ2v) is 20.0. The molecule has 0 bridgehead atoms. The highest BCUT2D eigenvalue weighted by molar-refractivity contribution is 5.98. The fraction of sp³-hybridized carbons (Fsp3) is 0.556. The lowest BCUT2D eigenvalue weighted by atomic mass is 9.96. The van der Waals surface area contributed by atoms with Crippen LogP contribution in [0.15, 0.2) is 60.7 Å². The summed E-state index contributed by atoms with van der Waals surface area (Å²) in [6.45, 7) is 13.6. The lowest BCUT2D eigenvalue weighted by Gasteiger charge is -2.28. The molecule has 2 rings (SSSR count). The van der Waals surface area contributed by atoms with Crippen LogP contribution in [0.2, 0.25) is 0 Å². The molecular weight excluding hydrogens is 1030 g/mol. The molecule has 0 heterocycles. The van der Waals surface area contributed by atoms with Crippen LogP contribution in [0.1, 0.15) is 106 Å². The topological polar surface area (TPSA) is 392 Å². The first-order valence-corrected chi connectivity index (χ1v) is 26.4. The molecule has 79 heavy (non-hydrogen) atoms. The molecule has 11 atom stereocenters. The van der Waals surface area contributed by atoms with E-state index in [4.69, 9.17) is 10.8 Å². The van der Waals surface area contributed by atoms with Crippen molar-refractivity contribution in [3.63, 3.8) is 0 Å². The number of nitrogens with one attached hydrogen (secondary N) is 10. The van der Waals surface area contributed by atoms with Gasteiger partial charge in [-0.3, -0.25) is 52.7 Å². The predicted molar refractivity (Wildman–Crippen MR) is 290 cm³/mol. The van der Waals surface area contributed by atoms with Crippen molar-refractivity contribution in [1.29, 1.82) is 0 Å². The van der Waals surface area contributed by atoms with Crippen LogP contribution in [0.4, 0.5) is 0 Å². The zero-order valence-electron chi connectivity index (χ0n) is 46.4. The molecule has 0 fully saturated rings. The Hall–Kier alpha value is -7.96. The van der Waals surface area contributed by atoms with Gasteiger partial charge in [-0.1, -0.05) is 115 Å². The minimum absolute atomic E-state index is 0.0130. The largest absolute Gasteiger partial charge is 0.481 e. The van der Waals surface area contributed by atoms with Crippen molar-refractivity contribution in [2.75, 3.05) is 13.1 Å². The predicted octanol–water partition coefficient (Wildman–Crippen LogP) is -0.943. The summed E-state index contributed by atoms with van der Waals surface area (Å²) in [7, 11) is 0. The monoisotopic (exact) mass is 1110 g/mol. The molecule has 436 valence electrons. The van der Waals surface area contributed by atoms with Gasteiger partial charge in [0.1, 0.15) is 54.4 Å². The van der Waals surface area contributed by atoms with E-state index in [1.807, 2.05) is 13.8 Å². The van der Waals surface area contributed by atoms with E-state index in [2.05, 4.69) is 53.2 Å². The van der Waals surface area contributed by atoms with Crippen LogP contribution in [-0.2, 0) is 70.4 Å². The summed E-state index contributed by atoms with van der Waals surface area (Å²) in [5.41, 5.74) is 6.77. The molecule has 25 nitrogen and oxygen atoms in total. The standard InChI is InChI=1S/C54H81N11O14/c1-10-30(5)44(64-48(72)34(9)57-47(71)33(8)58-49(73)40(26-36-20-16-13-17-21-36)63-50(74)38(24-29(3)4)60-41(66)27-55)52(76)59-32(7)46(70)56-28-42(67)61-39(25-35-18-14-12-15-19-35)51(75)65-45(31(6)11-2)53(77)62-37(54(78)79)22-23-43(68)69/h12-21,29-34,37-40,44-45H,10-11,22-28,55H2,1-9H3,(H,56,70)(H,57,71)(H,58,73)(H,59,76)(H,60,66)(H,61,67)(H,62,77)(H,63,74)(H,64,72)(H,65,75)(H,68,69)(H,78,79)/t30-,31-,32-,33-,34-,37-,38-,39-,40-,44-,45-/m0/s1. The number of rotatable bonds is 34. The first-order chi connectivity index (χ1) is 37.2. The summed E-state index contributed by atoms with van der Waals surface area (Å²) < 4.78 is 0. The number of benzene rings is 2. The SMILES string of the molecule is CC[C@H](C)[C@H](NC(=O)[C@H](C)NC(=O)[C@H](C)NC(=O)[C@H](Cc1ccccc1)NC(=O)[C@H](CC(C)C)NC(=O)CN)C(=O)N[C@@H](C)C(=O)NCC(=O)N[C@@H](Cc1ccccc1)C(=O)N[C@H](C(=O)N[C@@H](CCC(=O)O)C(=O)O)[C@@H](C)CC. The number of hydrogen-bond acceptors (Lipinski definition) is 13. The van der Waals surface area contributed by atoms with E-state index < -0.39 is 157 Å². The van der Waals surface area contributed by atoms with Crippen molar-refractivity contribution in [1.82, 2.24) is 53.2 Å². The van der Waals surface area contributed by atoms with Crippen molar-refractivity contribution in [3.05, 3.63) is 71.8 Å². The smallest absolute Gasteiger partial charge is 0.326 e. The van der Waals surface area contributed by atoms with Gasteiger partial charge in [0.05, 0.1) is 13.1 Å². The second kappa shape index (κ2) is 34.0. The minimum atomic E-state index is -1.56. The Morgan fingerprint density at radius 3 is 1.32 bits per heavy atom. The minimum Gasteiger partial charge on any atom is -0.481 e. The molecule has 0 saturated carbocycles. The Morgan fingerprint density at radius 2 is 0.848 bits per heavy atom. The molecule has 0 saturated heterocycles. The normalized spacial score (nSPS) is 15.2. The van der Waals surface area contributed by atoms with E-state index in [9.17, 15) is 62.6 Å². The van der Waals surface area contributed by atoms with Gasteiger partial charge >= 0.3 is 11.9 Å². The molecule has 0 radical (unpaired) electrons. The summed E-state index contributed by atoms with van der Waals surface area (Å²) in [6.07, 6.45) is 0.00210. The number of carboxylic acid groups (broad SMARTS) is 2. The van der Waals surface area contributed by atoms with Gasteiger partial charge in [-0.05, 0) is 62.5 Å². The Labute approximate surface area is 460 Å². The van der Waals surface area contributed by atoms with E-state index in [-0.39, 0.29) is 31.7 Å². The quantitative estimate of drug-likeness (QED) is 0.0402. The molecule has 0 unspecified atom stereocenters. The summed E-state index contributed by atoms with van der Waals surface area (Å²) in [5, 5.41) is 44.1. The van der Waals surface area contributed by atoms with Crippen molar-refractivity contribution < 1.29 is 67.7 Å². The molecule has 0 aromatic heterocycles. The van der Waals surface area contributed by atoms with Crippen molar-refractivity contribution >= 4 is 71.0 Å². The number of carbonyl (C=O) groups excluding carboxylic acids is 10.